The molecule has 1 amide bonds. The van der Waals surface area contributed by atoms with Gasteiger partial charge in [0.15, 0.2) is 0 Å². The molecule has 0 atom stereocenters. The Morgan fingerprint density at radius 1 is 1.04 bits per heavy atom. The van der Waals surface area contributed by atoms with Gasteiger partial charge < -0.3 is 10.6 Å². The molecule has 2 aromatic carbocycles. The molecule has 0 aliphatic rings. The van der Waals surface area contributed by atoms with E-state index in [0.29, 0.717) is 23.9 Å². The molecular formula is C21H21FN4O. The molecule has 3 rings (SSSR count). The van der Waals surface area contributed by atoms with E-state index >= 15 is 0 Å². The van der Waals surface area contributed by atoms with Gasteiger partial charge in [-0.15, -0.1) is 0 Å². The third kappa shape index (κ3) is 5.60. The summed E-state index contributed by atoms with van der Waals surface area (Å²) >= 11 is 0. The van der Waals surface area contributed by atoms with Crippen molar-refractivity contribution in [2.45, 2.75) is 19.8 Å². The van der Waals surface area contributed by atoms with Crippen LogP contribution in [-0.2, 0) is 6.42 Å². The summed E-state index contributed by atoms with van der Waals surface area (Å²) in [7, 11) is 0. The molecule has 0 aliphatic heterocycles. The lowest BCUT2D eigenvalue weighted by molar-refractivity contribution is 0.0948. The number of benzene rings is 2. The number of aromatic nitrogens is 2. The van der Waals surface area contributed by atoms with Gasteiger partial charge in [-0.2, -0.15) is 0 Å². The van der Waals surface area contributed by atoms with Gasteiger partial charge in [0.1, 0.15) is 23.2 Å². The van der Waals surface area contributed by atoms with Gasteiger partial charge in [0.2, 0.25) is 0 Å². The monoisotopic (exact) mass is 364 g/mol. The standard InChI is InChI=1S/C21H21FN4O/c1-15-24-19(14-20(25-15)26-18-11-5-10-17(22)13-18)21(27)23-12-6-9-16-7-3-2-4-8-16/h2-5,7-8,10-11,13-14H,6,9,12H2,1H3,(H,23,27)(H,24,25,26). The van der Waals surface area contributed by atoms with E-state index in [9.17, 15) is 9.18 Å². The van der Waals surface area contributed by atoms with Gasteiger partial charge in [0, 0.05) is 18.3 Å². The van der Waals surface area contributed by atoms with E-state index in [2.05, 4.69) is 32.7 Å². The molecule has 138 valence electrons. The Bertz CT molecular complexity index is 915. The molecule has 5 nitrogen and oxygen atoms in total. The lowest BCUT2D eigenvalue weighted by Crippen LogP contribution is -2.26. The molecule has 27 heavy (non-hydrogen) atoms. The molecule has 0 spiro atoms. The average molecular weight is 364 g/mol. The molecular weight excluding hydrogens is 343 g/mol. The third-order valence-corrected chi connectivity index (χ3v) is 3.94. The Balaban J connectivity index is 1.58. The summed E-state index contributed by atoms with van der Waals surface area (Å²) in [5.41, 5.74) is 2.08. The Hall–Kier alpha value is -3.28. The molecule has 0 radical (unpaired) electrons. The van der Waals surface area contributed by atoms with E-state index < -0.39 is 0 Å². The summed E-state index contributed by atoms with van der Waals surface area (Å²) < 4.78 is 13.3. The predicted molar refractivity (Wildman–Crippen MR) is 104 cm³/mol. The molecule has 2 N–H and O–H groups in total. The molecule has 0 saturated heterocycles. The molecule has 0 fully saturated rings. The van der Waals surface area contributed by atoms with Crippen molar-refractivity contribution in [1.29, 1.82) is 0 Å². The number of hydrogen-bond acceptors (Lipinski definition) is 4. The normalized spacial score (nSPS) is 10.4. The van der Waals surface area contributed by atoms with E-state index in [-0.39, 0.29) is 17.4 Å². The number of carbonyl (C=O) groups is 1. The van der Waals surface area contributed by atoms with Gasteiger partial charge in [-0.1, -0.05) is 36.4 Å². The minimum absolute atomic E-state index is 0.254. The third-order valence-electron chi connectivity index (χ3n) is 3.94. The van der Waals surface area contributed by atoms with Crippen molar-refractivity contribution in [2.24, 2.45) is 0 Å². The number of carbonyl (C=O) groups excluding carboxylic acids is 1. The fraction of sp³-hybridized carbons (Fsp3) is 0.190. The van der Waals surface area contributed by atoms with Gasteiger partial charge in [0.25, 0.3) is 5.91 Å². The van der Waals surface area contributed by atoms with Gasteiger partial charge in [-0.25, -0.2) is 14.4 Å². The van der Waals surface area contributed by atoms with Crippen LogP contribution in [0.4, 0.5) is 15.9 Å². The van der Waals surface area contributed by atoms with Crippen molar-refractivity contribution in [1.82, 2.24) is 15.3 Å². The van der Waals surface area contributed by atoms with E-state index in [1.807, 2.05) is 18.2 Å². The fourth-order valence-electron chi connectivity index (χ4n) is 2.69. The average Bonchev–Trinajstić information content (AvgIpc) is 2.65. The first-order chi connectivity index (χ1) is 13.1. The number of anilines is 2. The van der Waals surface area contributed by atoms with Crippen molar-refractivity contribution in [2.75, 3.05) is 11.9 Å². The van der Waals surface area contributed by atoms with E-state index in [1.165, 1.54) is 17.7 Å². The molecule has 6 heteroatoms. The largest absolute Gasteiger partial charge is 0.351 e. The Morgan fingerprint density at radius 2 is 1.85 bits per heavy atom. The number of nitrogens with one attached hydrogen (secondary N) is 2. The second-order valence-electron chi connectivity index (χ2n) is 6.17. The van der Waals surface area contributed by atoms with Crippen molar-refractivity contribution in [3.05, 3.63) is 83.6 Å². The number of nitrogens with zero attached hydrogens (tertiary/aromatic N) is 2. The van der Waals surface area contributed by atoms with Crippen molar-refractivity contribution in [3.8, 4) is 0 Å². The lowest BCUT2D eigenvalue weighted by Gasteiger charge is -2.09. The summed E-state index contributed by atoms with van der Waals surface area (Å²) in [6, 6.07) is 17.7. The molecule has 0 bridgehead atoms. The molecule has 0 unspecified atom stereocenters. The van der Waals surface area contributed by atoms with Crippen LogP contribution in [-0.4, -0.2) is 22.4 Å². The highest BCUT2D eigenvalue weighted by atomic mass is 19.1. The van der Waals surface area contributed by atoms with Crippen LogP contribution < -0.4 is 10.6 Å². The van der Waals surface area contributed by atoms with Crippen LogP contribution in [0.1, 0.15) is 28.3 Å². The molecule has 0 saturated carbocycles. The van der Waals surface area contributed by atoms with Crippen LogP contribution in [0.3, 0.4) is 0 Å². The zero-order valence-electron chi connectivity index (χ0n) is 15.1. The first kappa shape index (κ1) is 18.5. The highest BCUT2D eigenvalue weighted by Gasteiger charge is 2.10. The zero-order chi connectivity index (χ0) is 19.1. The Kier molecular flexibility index (Phi) is 6.10. The van der Waals surface area contributed by atoms with Crippen LogP contribution in [0.5, 0.6) is 0 Å². The summed E-state index contributed by atoms with van der Waals surface area (Å²) in [6.07, 6.45) is 1.74. The van der Waals surface area contributed by atoms with E-state index in [0.717, 1.165) is 12.8 Å². The van der Waals surface area contributed by atoms with Crippen molar-refractivity contribution < 1.29 is 9.18 Å². The number of amides is 1. The second kappa shape index (κ2) is 8.89. The maximum atomic E-state index is 13.3. The quantitative estimate of drug-likeness (QED) is 0.621. The minimum atomic E-state index is -0.345. The zero-order valence-corrected chi connectivity index (χ0v) is 15.1. The highest BCUT2D eigenvalue weighted by molar-refractivity contribution is 5.93. The minimum Gasteiger partial charge on any atom is -0.351 e. The molecule has 0 aliphatic carbocycles. The number of rotatable bonds is 7. The first-order valence-electron chi connectivity index (χ1n) is 8.80. The Morgan fingerprint density at radius 3 is 2.63 bits per heavy atom. The summed E-state index contributed by atoms with van der Waals surface area (Å²) in [5.74, 6) is 0.311. The van der Waals surface area contributed by atoms with Crippen LogP contribution in [0, 0.1) is 12.7 Å². The van der Waals surface area contributed by atoms with E-state index in [4.69, 9.17) is 0 Å². The van der Waals surface area contributed by atoms with Gasteiger partial charge in [-0.3, -0.25) is 4.79 Å². The topological polar surface area (TPSA) is 66.9 Å². The van der Waals surface area contributed by atoms with Crippen molar-refractivity contribution in [3.63, 3.8) is 0 Å². The summed E-state index contributed by atoms with van der Waals surface area (Å²) in [5, 5.41) is 5.88. The maximum Gasteiger partial charge on any atom is 0.270 e. The highest BCUT2D eigenvalue weighted by Crippen LogP contribution is 2.16. The summed E-state index contributed by atoms with van der Waals surface area (Å²) in [6.45, 7) is 2.27. The SMILES string of the molecule is Cc1nc(Nc2cccc(F)c2)cc(C(=O)NCCCc2ccccc2)n1. The molecule has 1 aromatic heterocycles. The fourth-order valence-corrected chi connectivity index (χ4v) is 2.69. The number of halogens is 1. The molecule has 3 aromatic rings. The smallest absolute Gasteiger partial charge is 0.270 e. The van der Waals surface area contributed by atoms with Gasteiger partial charge >= 0.3 is 0 Å². The van der Waals surface area contributed by atoms with Crippen LogP contribution >= 0.6 is 0 Å². The van der Waals surface area contributed by atoms with Crippen molar-refractivity contribution >= 4 is 17.4 Å². The number of hydrogen-bond donors (Lipinski definition) is 2. The van der Waals surface area contributed by atoms with Crippen LogP contribution in [0.25, 0.3) is 0 Å². The number of aryl methyl sites for hydroxylation is 2. The first-order valence-corrected chi connectivity index (χ1v) is 8.80. The lowest BCUT2D eigenvalue weighted by atomic mass is 10.1. The Labute approximate surface area is 157 Å². The maximum absolute atomic E-state index is 13.3. The van der Waals surface area contributed by atoms with Gasteiger partial charge in [-0.05, 0) is 43.5 Å². The predicted octanol–water partition coefficient (Wildman–Crippen LogP) is 4.03. The second-order valence-corrected chi connectivity index (χ2v) is 6.17. The van der Waals surface area contributed by atoms with Crippen LogP contribution in [0.2, 0.25) is 0 Å². The van der Waals surface area contributed by atoms with Gasteiger partial charge in [0.05, 0.1) is 0 Å². The molecule has 1 heterocycles. The van der Waals surface area contributed by atoms with E-state index in [1.54, 1.807) is 25.1 Å². The van der Waals surface area contributed by atoms with Crippen LogP contribution in [0.15, 0.2) is 60.7 Å². The summed E-state index contributed by atoms with van der Waals surface area (Å²) in [4.78, 5) is 20.8.